The maximum absolute atomic E-state index is 12.3. The Morgan fingerprint density at radius 3 is 2.42 bits per heavy atom. The summed E-state index contributed by atoms with van der Waals surface area (Å²) in [4.78, 5) is 21.3. The van der Waals surface area contributed by atoms with Gasteiger partial charge in [-0.25, -0.2) is 9.78 Å². The molecule has 0 aromatic carbocycles. The summed E-state index contributed by atoms with van der Waals surface area (Å²) in [5.74, 6) is 1.26. The van der Waals surface area contributed by atoms with E-state index in [0.717, 1.165) is 35.5 Å². The van der Waals surface area contributed by atoms with Crippen molar-refractivity contribution in [2.24, 2.45) is 11.3 Å². The van der Waals surface area contributed by atoms with E-state index in [4.69, 9.17) is 9.72 Å². The van der Waals surface area contributed by atoms with Gasteiger partial charge in [0.2, 0.25) is 0 Å². The van der Waals surface area contributed by atoms with Crippen molar-refractivity contribution in [3.63, 3.8) is 0 Å². The first-order valence-electron chi connectivity index (χ1n) is 12.2. The molecule has 0 bridgehead atoms. The summed E-state index contributed by atoms with van der Waals surface area (Å²) >= 11 is 0. The molecule has 7 nitrogen and oxygen atoms in total. The summed E-state index contributed by atoms with van der Waals surface area (Å²) in [5.41, 5.74) is 2.67. The molecule has 7 heteroatoms. The Kier molecular flexibility index (Phi) is 5.68. The van der Waals surface area contributed by atoms with Crippen molar-refractivity contribution < 1.29 is 14.6 Å². The van der Waals surface area contributed by atoms with E-state index in [1.165, 1.54) is 0 Å². The zero-order valence-electron chi connectivity index (χ0n) is 21.2. The van der Waals surface area contributed by atoms with Crippen molar-refractivity contribution in [1.82, 2.24) is 9.88 Å². The van der Waals surface area contributed by atoms with Gasteiger partial charge in [0.15, 0.2) is 0 Å². The average Bonchev–Trinajstić information content (AvgIpc) is 3.55. The molecule has 33 heavy (non-hydrogen) atoms. The Bertz CT molecular complexity index is 1000. The molecule has 1 saturated carbocycles. The van der Waals surface area contributed by atoms with Gasteiger partial charge >= 0.3 is 6.09 Å². The van der Waals surface area contributed by atoms with Crippen molar-refractivity contribution in [1.29, 1.82) is 5.26 Å². The number of hydrogen-bond donors (Lipinski definition) is 1. The van der Waals surface area contributed by atoms with Crippen LogP contribution in [0.1, 0.15) is 89.6 Å². The lowest BCUT2D eigenvalue weighted by molar-refractivity contribution is -0.0412. The summed E-state index contributed by atoms with van der Waals surface area (Å²) in [5, 5.41) is 20.4. The van der Waals surface area contributed by atoms with E-state index in [1.807, 2.05) is 0 Å². The fourth-order valence-electron chi connectivity index (χ4n) is 6.14. The minimum atomic E-state index is -0.880. The number of fused-ring (bicyclic) bond motifs is 1. The maximum Gasteiger partial charge on any atom is 0.407 e. The van der Waals surface area contributed by atoms with Crippen molar-refractivity contribution in [2.75, 3.05) is 24.5 Å². The Morgan fingerprint density at radius 1 is 1.24 bits per heavy atom. The number of ether oxygens (including phenoxy) is 1. The molecule has 0 radical (unpaired) electrons. The van der Waals surface area contributed by atoms with Crippen LogP contribution in [0.3, 0.4) is 0 Å². The van der Waals surface area contributed by atoms with Gasteiger partial charge in [-0.2, -0.15) is 5.26 Å². The average molecular weight is 455 g/mol. The van der Waals surface area contributed by atoms with Gasteiger partial charge in [-0.1, -0.05) is 34.6 Å². The van der Waals surface area contributed by atoms with E-state index >= 15 is 0 Å². The Hall–Kier alpha value is -2.33. The molecule has 1 atom stereocenters. The molecule has 3 heterocycles. The highest BCUT2D eigenvalue weighted by Crippen LogP contribution is 2.48. The number of amides is 1. The summed E-state index contributed by atoms with van der Waals surface area (Å²) < 4.78 is 6.11. The number of carbonyl (C=O) groups is 1. The predicted octanol–water partition coefficient (Wildman–Crippen LogP) is 4.92. The van der Waals surface area contributed by atoms with Gasteiger partial charge < -0.3 is 14.7 Å². The van der Waals surface area contributed by atoms with Crippen molar-refractivity contribution in [3.8, 4) is 6.07 Å². The van der Waals surface area contributed by atoms with E-state index < -0.39 is 11.6 Å². The third-order valence-corrected chi connectivity index (χ3v) is 8.00. The molecule has 2 aliphatic heterocycles. The van der Waals surface area contributed by atoms with Crippen LogP contribution >= 0.6 is 0 Å². The third-order valence-electron chi connectivity index (χ3n) is 8.00. The number of anilines is 1. The van der Waals surface area contributed by atoms with Crippen LogP contribution in [0.5, 0.6) is 0 Å². The number of hydrogen-bond acceptors (Lipinski definition) is 5. The number of nitriles is 1. The third kappa shape index (κ3) is 3.86. The number of pyridine rings is 1. The van der Waals surface area contributed by atoms with Crippen LogP contribution < -0.4 is 4.90 Å². The Morgan fingerprint density at radius 2 is 1.91 bits per heavy atom. The molecule has 1 aromatic heterocycles. The molecular formula is C26H38N4O3. The fraction of sp³-hybridized carbons (Fsp3) is 0.731. The molecule has 4 rings (SSSR count). The molecule has 1 amide bonds. The number of carboxylic acid groups (broad SMARTS) is 1. The van der Waals surface area contributed by atoms with Crippen LogP contribution in [-0.2, 0) is 17.8 Å². The quantitative estimate of drug-likeness (QED) is 0.697. The van der Waals surface area contributed by atoms with E-state index in [1.54, 1.807) is 4.90 Å². The summed E-state index contributed by atoms with van der Waals surface area (Å²) in [6.45, 7) is 16.6. The summed E-state index contributed by atoms with van der Waals surface area (Å²) in [7, 11) is 0. The number of nitrogens with zero attached hydrogens (tertiary/aromatic N) is 4. The van der Waals surface area contributed by atoms with Gasteiger partial charge in [0, 0.05) is 37.5 Å². The lowest BCUT2D eigenvalue weighted by Crippen LogP contribution is -2.71. The van der Waals surface area contributed by atoms with E-state index in [2.05, 4.69) is 59.4 Å². The van der Waals surface area contributed by atoms with Gasteiger partial charge in [-0.05, 0) is 43.6 Å². The molecule has 3 aliphatic rings. The second-order valence-corrected chi connectivity index (χ2v) is 11.9. The second kappa shape index (κ2) is 7.87. The first-order valence-corrected chi connectivity index (χ1v) is 12.2. The highest BCUT2D eigenvalue weighted by molar-refractivity contribution is 5.69. The lowest BCUT2D eigenvalue weighted by atomic mass is 9.64. The zero-order valence-corrected chi connectivity index (χ0v) is 21.2. The topological polar surface area (TPSA) is 89.7 Å². The van der Waals surface area contributed by atoms with Gasteiger partial charge in [-0.15, -0.1) is 0 Å². The van der Waals surface area contributed by atoms with Crippen LogP contribution in [0.2, 0.25) is 0 Å². The molecule has 1 aliphatic carbocycles. The summed E-state index contributed by atoms with van der Waals surface area (Å²) in [6, 6.07) is 2.49. The van der Waals surface area contributed by atoms with Crippen molar-refractivity contribution >= 4 is 11.9 Å². The van der Waals surface area contributed by atoms with E-state index in [-0.39, 0.29) is 16.9 Å². The number of rotatable bonds is 3. The normalized spacial score (nSPS) is 25.1. The standard InChI is InChI=1S/C26H38N4O3/c1-16(2)26(24(3,4)5)15-29(10-11-30(26)23(31)32)22-19(13-27)18-12-25(6,7)33-14-20(18)21(28-22)17-8-9-17/h16-17H,8-12,14-15H2,1-7H3,(H,31,32)/t26-/m1/s1. The highest BCUT2D eigenvalue weighted by atomic mass is 16.5. The van der Waals surface area contributed by atoms with Gasteiger partial charge in [0.1, 0.15) is 11.9 Å². The Balaban J connectivity index is 1.86. The first kappa shape index (κ1) is 23.8. The van der Waals surface area contributed by atoms with Gasteiger partial charge in [0.25, 0.3) is 0 Å². The van der Waals surface area contributed by atoms with Gasteiger partial charge in [0.05, 0.1) is 29.0 Å². The van der Waals surface area contributed by atoms with Gasteiger partial charge in [-0.3, -0.25) is 4.90 Å². The zero-order chi connectivity index (χ0) is 24.3. The first-order chi connectivity index (χ1) is 15.3. The maximum atomic E-state index is 12.3. The second-order valence-electron chi connectivity index (χ2n) is 11.9. The largest absolute Gasteiger partial charge is 0.465 e. The molecule has 0 unspecified atom stereocenters. The SMILES string of the molecule is CC(C)[C@@]1(C(C)(C)C)CN(c2nc(C3CC3)c3c(c2C#N)CC(C)(C)OC3)CCN1C(=O)O. The van der Waals surface area contributed by atoms with Crippen LogP contribution in [0.25, 0.3) is 0 Å². The summed E-state index contributed by atoms with van der Waals surface area (Å²) in [6.07, 6.45) is 2.05. The predicted molar refractivity (Wildman–Crippen MR) is 127 cm³/mol. The minimum Gasteiger partial charge on any atom is -0.465 e. The molecule has 0 spiro atoms. The molecule has 180 valence electrons. The van der Waals surface area contributed by atoms with Crippen molar-refractivity contribution in [3.05, 3.63) is 22.4 Å². The molecule has 1 N–H and O–H groups in total. The van der Waals surface area contributed by atoms with Crippen LogP contribution in [0.15, 0.2) is 0 Å². The molecular weight excluding hydrogens is 416 g/mol. The lowest BCUT2D eigenvalue weighted by Gasteiger charge is -2.58. The molecule has 1 saturated heterocycles. The van der Waals surface area contributed by atoms with Crippen LogP contribution in [0, 0.1) is 22.7 Å². The smallest absolute Gasteiger partial charge is 0.407 e. The molecule has 2 fully saturated rings. The van der Waals surface area contributed by atoms with E-state index in [0.29, 0.717) is 44.1 Å². The molecule has 1 aromatic rings. The number of aromatic nitrogens is 1. The number of piperazine rings is 1. The monoisotopic (exact) mass is 454 g/mol. The van der Waals surface area contributed by atoms with E-state index in [9.17, 15) is 15.2 Å². The van der Waals surface area contributed by atoms with Crippen LogP contribution in [-0.4, -0.2) is 51.9 Å². The minimum absolute atomic E-state index is 0.0924. The van der Waals surface area contributed by atoms with Crippen LogP contribution in [0.4, 0.5) is 10.6 Å². The fourth-order valence-corrected chi connectivity index (χ4v) is 6.14. The highest BCUT2D eigenvalue weighted by Gasteiger charge is 2.54. The van der Waals surface area contributed by atoms with Crippen molar-refractivity contribution in [2.45, 2.75) is 91.4 Å². The Labute approximate surface area is 197 Å².